The SMILES string of the molecule is COC(=O)/C=C/C1(/C=C/C(=O)OC)CCCCC1=O. The Morgan fingerprint density at radius 3 is 2.00 bits per heavy atom. The predicted molar refractivity (Wildman–Crippen MR) is 68.2 cm³/mol. The minimum atomic E-state index is -0.902. The molecule has 1 aliphatic carbocycles. The zero-order valence-corrected chi connectivity index (χ0v) is 11.2. The van der Waals surface area contributed by atoms with Gasteiger partial charge in [0.05, 0.1) is 19.6 Å². The largest absolute Gasteiger partial charge is 0.466 e. The summed E-state index contributed by atoms with van der Waals surface area (Å²) in [4.78, 5) is 34.4. The summed E-state index contributed by atoms with van der Waals surface area (Å²) in [6.07, 6.45) is 8.19. The smallest absolute Gasteiger partial charge is 0.330 e. The average molecular weight is 266 g/mol. The number of ether oxygens (including phenoxy) is 2. The van der Waals surface area contributed by atoms with Gasteiger partial charge in [-0.3, -0.25) is 4.79 Å². The maximum atomic E-state index is 12.1. The lowest BCUT2D eigenvalue weighted by molar-refractivity contribution is -0.135. The number of hydrogen-bond acceptors (Lipinski definition) is 5. The van der Waals surface area contributed by atoms with Gasteiger partial charge in [0.1, 0.15) is 5.78 Å². The number of rotatable bonds is 4. The Balaban J connectivity index is 2.99. The van der Waals surface area contributed by atoms with Gasteiger partial charge in [0.2, 0.25) is 0 Å². The summed E-state index contributed by atoms with van der Waals surface area (Å²) >= 11 is 0. The number of hydrogen-bond donors (Lipinski definition) is 0. The van der Waals surface area contributed by atoms with E-state index in [-0.39, 0.29) is 5.78 Å². The topological polar surface area (TPSA) is 69.7 Å². The zero-order chi connectivity index (χ0) is 14.3. The van der Waals surface area contributed by atoms with Crippen LogP contribution in [0.1, 0.15) is 25.7 Å². The normalized spacial score (nSPS) is 18.7. The fourth-order valence-corrected chi connectivity index (χ4v) is 2.05. The van der Waals surface area contributed by atoms with Gasteiger partial charge in [-0.25, -0.2) is 9.59 Å². The molecule has 1 rings (SSSR count). The van der Waals surface area contributed by atoms with Crippen LogP contribution in [0.15, 0.2) is 24.3 Å². The quantitative estimate of drug-likeness (QED) is 0.570. The van der Waals surface area contributed by atoms with Crippen molar-refractivity contribution in [1.29, 1.82) is 0 Å². The molecule has 0 N–H and O–H groups in total. The summed E-state index contributed by atoms with van der Waals surface area (Å²) < 4.78 is 9.03. The second kappa shape index (κ2) is 6.87. The first-order valence-corrected chi connectivity index (χ1v) is 6.12. The highest BCUT2D eigenvalue weighted by Crippen LogP contribution is 2.36. The molecule has 0 unspecified atom stereocenters. The molecule has 1 saturated carbocycles. The number of carbonyl (C=O) groups excluding carboxylic acids is 3. The van der Waals surface area contributed by atoms with E-state index in [1.807, 2.05) is 0 Å². The lowest BCUT2D eigenvalue weighted by Crippen LogP contribution is -2.31. The molecule has 0 spiro atoms. The van der Waals surface area contributed by atoms with Crippen molar-refractivity contribution < 1.29 is 23.9 Å². The van der Waals surface area contributed by atoms with Crippen LogP contribution < -0.4 is 0 Å². The first-order chi connectivity index (χ1) is 9.04. The van der Waals surface area contributed by atoms with Crippen molar-refractivity contribution in [2.75, 3.05) is 14.2 Å². The molecular formula is C14H18O5. The summed E-state index contributed by atoms with van der Waals surface area (Å²) in [5, 5.41) is 0. The third-order valence-electron chi connectivity index (χ3n) is 3.20. The molecule has 1 fully saturated rings. The second-order valence-corrected chi connectivity index (χ2v) is 4.38. The van der Waals surface area contributed by atoms with Crippen molar-refractivity contribution in [2.45, 2.75) is 25.7 Å². The van der Waals surface area contributed by atoms with Crippen LogP contribution in [0.4, 0.5) is 0 Å². The van der Waals surface area contributed by atoms with Crippen LogP contribution in [0.3, 0.4) is 0 Å². The van der Waals surface area contributed by atoms with Crippen LogP contribution in [0, 0.1) is 5.41 Å². The standard InChI is InChI=1S/C14H18O5/c1-18-12(16)6-9-14(10-7-13(17)19-2)8-4-3-5-11(14)15/h6-7,9-10H,3-5,8H2,1-2H3/b9-6+,10-7+. The summed E-state index contributed by atoms with van der Waals surface area (Å²) in [5.41, 5.74) is -0.902. The molecule has 0 saturated heterocycles. The second-order valence-electron chi connectivity index (χ2n) is 4.38. The van der Waals surface area contributed by atoms with E-state index >= 15 is 0 Å². The van der Waals surface area contributed by atoms with E-state index in [0.717, 1.165) is 12.8 Å². The van der Waals surface area contributed by atoms with Crippen LogP contribution in [0.2, 0.25) is 0 Å². The highest BCUT2D eigenvalue weighted by atomic mass is 16.5. The molecule has 0 atom stereocenters. The van der Waals surface area contributed by atoms with E-state index in [1.54, 1.807) is 0 Å². The molecule has 5 heteroatoms. The van der Waals surface area contributed by atoms with Gasteiger partial charge in [-0.1, -0.05) is 18.6 Å². The zero-order valence-electron chi connectivity index (χ0n) is 11.2. The van der Waals surface area contributed by atoms with Crippen LogP contribution in [-0.4, -0.2) is 31.9 Å². The van der Waals surface area contributed by atoms with Crippen molar-refractivity contribution in [3.8, 4) is 0 Å². The van der Waals surface area contributed by atoms with Crippen molar-refractivity contribution in [2.24, 2.45) is 5.41 Å². The monoisotopic (exact) mass is 266 g/mol. The number of esters is 2. The molecule has 0 aliphatic heterocycles. The van der Waals surface area contributed by atoms with Crippen LogP contribution in [-0.2, 0) is 23.9 Å². The minimum absolute atomic E-state index is 0.000874. The van der Waals surface area contributed by atoms with Crippen LogP contribution in [0.25, 0.3) is 0 Å². The number of methoxy groups -OCH3 is 2. The molecule has 0 aromatic rings. The van der Waals surface area contributed by atoms with Gasteiger partial charge in [0, 0.05) is 18.6 Å². The summed E-state index contributed by atoms with van der Waals surface area (Å²) in [6.45, 7) is 0. The summed E-state index contributed by atoms with van der Waals surface area (Å²) in [5.74, 6) is -1.05. The molecular weight excluding hydrogens is 248 g/mol. The van der Waals surface area contributed by atoms with Crippen LogP contribution >= 0.6 is 0 Å². The number of carbonyl (C=O) groups is 3. The summed E-state index contributed by atoms with van der Waals surface area (Å²) in [6, 6.07) is 0. The van der Waals surface area contributed by atoms with Crippen molar-refractivity contribution in [3.63, 3.8) is 0 Å². The Bertz CT molecular complexity index is 394. The third-order valence-corrected chi connectivity index (χ3v) is 3.20. The maximum Gasteiger partial charge on any atom is 0.330 e. The van der Waals surface area contributed by atoms with E-state index in [2.05, 4.69) is 9.47 Å². The van der Waals surface area contributed by atoms with E-state index in [4.69, 9.17) is 0 Å². The molecule has 0 radical (unpaired) electrons. The molecule has 0 aromatic heterocycles. The lowest BCUT2D eigenvalue weighted by atomic mass is 9.72. The highest BCUT2D eigenvalue weighted by Gasteiger charge is 2.35. The number of Topliss-reactive ketones (excluding diaryl/α,β-unsaturated/α-hetero) is 1. The molecule has 0 amide bonds. The Hall–Kier alpha value is -1.91. The van der Waals surface area contributed by atoms with E-state index in [0.29, 0.717) is 12.8 Å². The molecule has 5 nitrogen and oxygen atoms in total. The van der Waals surface area contributed by atoms with Gasteiger partial charge in [-0.2, -0.15) is 0 Å². The Morgan fingerprint density at radius 2 is 1.58 bits per heavy atom. The fourth-order valence-electron chi connectivity index (χ4n) is 2.05. The van der Waals surface area contributed by atoms with Crippen molar-refractivity contribution in [3.05, 3.63) is 24.3 Å². The average Bonchev–Trinajstić information content (AvgIpc) is 2.44. The highest BCUT2D eigenvalue weighted by molar-refractivity contribution is 5.93. The van der Waals surface area contributed by atoms with Gasteiger partial charge in [-0.15, -0.1) is 0 Å². The third kappa shape index (κ3) is 4.05. The maximum absolute atomic E-state index is 12.1. The Labute approximate surface area is 112 Å². The van der Waals surface area contributed by atoms with Gasteiger partial charge >= 0.3 is 11.9 Å². The predicted octanol–water partition coefficient (Wildman–Crippen LogP) is 1.57. The van der Waals surface area contributed by atoms with Gasteiger partial charge in [-0.05, 0) is 12.8 Å². The van der Waals surface area contributed by atoms with Crippen molar-refractivity contribution >= 4 is 17.7 Å². The molecule has 0 heterocycles. The fraction of sp³-hybridized carbons (Fsp3) is 0.500. The molecule has 104 valence electrons. The number of ketones is 1. The molecule has 0 aromatic carbocycles. The molecule has 0 bridgehead atoms. The number of allylic oxidation sites excluding steroid dienone is 2. The van der Waals surface area contributed by atoms with Gasteiger partial charge in [0.15, 0.2) is 0 Å². The van der Waals surface area contributed by atoms with E-state index in [9.17, 15) is 14.4 Å². The lowest BCUT2D eigenvalue weighted by Gasteiger charge is -2.29. The van der Waals surface area contributed by atoms with Crippen molar-refractivity contribution in [1.82, 2.24) is 0 Å². The molecule has 1 aliphatic rings. The minimum Gasteiger partial charge on any atom is -0.466 e. The first kappa shape index (κ1) is 15.1. The van der Waals surface area contributed by atoms with Gasteiger partial charge < -0.3 is 9.47 Å². The van der Waals surface area contributed by atoms with E-state index in [1.165, 1.54) is 38.5 Å². The van der Waals surface area contributed by atoms with Gasteiger partial charge in [0.25, 0.3) is 0 Å². The molecule has 19 heavy (non-hydrogen) atoms. The van der Waals surface area contributed by atoms with Crippen LogP contribution in [0.5, 0.6) is 0 Å². The van der Waals surface area contributed by atoms with E-state index < -0.39 is 17.4 Å². The Kier molecular flexibility index (Phi) is 5.48. The Morgan fingerprint density at radius 1 is 1.05 bits per heavy atom. The summed E-state index contributed by atoms with van der Waals surface area (Å²) in [7, 11) is 2.54. The first-order valence-electron chi connectivity index (χ1n) is 6.12.